The van der Waals surface area contributed by atoms with Crippen LogP contribution >= 0.6 is 24.0 Å². The van der Waals surface area contributed by atoms with E-state index in [1.54, 1.807) is 13.1 Å². The Balaban J connectivity index is 0.00000280. The molecule has 2 atom stereocenters. The monoisotopic (exact) mass is 503 g/mol. The number of hydrogen-bond donors (Lipinski definition) is 2. The summed E-state index contributed by atoms with van der Waals surface area (Å²) >= 11 is 0. The summed E-state index contributed by atoms with van der Waals surface area (Å²) in [7, 11) is 1.76. The van der Waals surface area contributed by atoms with Gasteiger partial charge in [-0.25, -0.2) is 4.98 Å². The minimum Gasteiger partial charge on any atom is -0.375 e. The lowest BCUT2D eigenvalue weighted by atomic mass is 10.1. The van der Waals surface area contributed by atoms with Gasteiger partial charge in [-0.3, -0.25) is 9.79 Å². The number of hydrogen-bond acceptors (Lipinski definition) is 5. The number of pyridine rings is 1. The maximum absolute atomic E-state index is 12.1. The predicted octanol–water partition coefficient (Wildman–Crippen LogP) is 1.79. The Morgan fingerprint density at radius 1 is 1.32 bits per heavy atom. The van der Waals surface area contributed by atoms with Gasteiger partial charge in [-0.1, -0.05) is 6.07 Å². The molecule has 2 saturated heterocycles. The molecule has 2 N–H and O–H groups in total. The molecular weight excluding hydrogens is 473 g/mol. The van der Waals surface area contributed by atoms with Crippen LogP contribution in [0.25, 0.3) is 0 Å². The van der Waals surface area contributed by atoms with Crippen molar-refractivity contribution in [3.05, 3.63) is 23.9 Å². The fraction of sp³-hybridized carbons (Fsp3) is 0.632. The van der Waals surface area contributed by atoms with Crippen LogP contribution in [0.1, 0.15) is 25.0 Å². The van der Waals surface area contributed by atoms with Gasteiger partial charge in [0.25, 0.3) is 0 Å². The Kier molecular flexibility index (Phi) is 9.39. The van der Waals surface area contributed by atoms with Gasteiger partial charge in [-0.2, -0.15) is 0 Å². The first kappa shape index (κ1) is 22.8. The molecule has 0 radical (unpaired) electrons. The van der Waals surface area contributed by atoms with Gasteiger partial charge in [0.15, 0.2) is 5.96 Å². The largest absolute Gasteiger partial charge is 0.375 e. The molecule has 8 nitrogen and oxygen atoms in total. The molecule has 0 saturated carbocycles. The Morgan fingerprint density at radius 2 is 2.14 bits per heavy atom. The zero-order valence-corrected chi connectivity index (χ0v) is 18.8. The SMILES string of the molecule is CN=C(NCCC(=O)Nc1cccc(C)n1)N1CCOC(C2CCCO2)C1.I. The van der Waals surface area contributed by atoms with Gasteiger partial charge in [0, 0.05) is 45.4 Å². The minimum atomic E-state index is -0.0738. The standard InChI is InChI=1S/C19H29N5O3.HI/c1-14-5-3-7-17(22-14)23-18(25)8-9-21-19(20-2)24-10-12-27-16(13-24)15-6-4-11-26-15;/h3,5,7,15-16H,4,6,8-13H2,1-2H3,(H,20,21)(H,22,23,25);1H. The minimum absolute atomic E-state index is 0. The van der Waals surface area contributed by atoms with Crippen molar-refractivity contribution >= 4 is 41.7 Å². The summed E-state index contributed by atoms with van der Waals surface area (Å²) in [5, 5.41) is 6.09. The lowest BCUT2D eigenvalue weighted by Crippen LogP contribution is -2.53. The number of amides is 1. The average Bonchev–Trinajstić information content (AvgIpc) is 3.20. The molecule has 156 valence electrons. The molecule has 1 aromatic heterocycles. The molecular formula is C19H30IN5O3. The molecule has 1 amide bonds. The summed E-state index contributed by atoms with van der Waals surface area (Å²) in [6, 6.07) is 5.56. The second-order valence-corrected chi connectivity index (χ2v) is 6.84. The topological polar surface area (TPSA) is 88.1 Å². The summed E-state index contributed by atoms with van der Waals surface area (Å²) < 4.78 is 11.6. The molecule has 9 heteroatoms. The maximum Gasteiger partial charge on any atom is 0.227 e. The molecule has 3 rings (SSSR count). The van der Waals surface area contributed by atoms with Crippen molar-refractivity contribution in [2.24, 2.45) is 4.99 Å². The van der Waals surface area contributed by atoms with Crippen LogP contribution in [0.5, 0.6) is 0 Å². The van der Waals surface area contributed by atoms with Gasteiger partial charge in [-0.05, 0) is 31.9 Å². The zero-order chi connectivity index (χ0) is 19.1. The van der Waals surface area contributed by atoms with Crippen molar-refractivity contribution in [3.8, 4) is 0 Å². The van der Waals surface area contributed by atoms with Gasteiger partial charge in [0.2, 0.25) is 5.91 Å². The highest BCUT2D eigenvalue weighted by molar-refractivity contribution is 14.0. The third-order valence-corrected chi connectivity index (χ3v) is 4.78. The molecule has 0 bridgehead atoms. The Bertz CT molecular complexity index is 667. The first-order valence-electron chi connectivity index (χ1n) is 9.58. The van der Waals surface area contributed by atoms with E-state index in [0.717, 1.165) is 44.2 Å². The molecule has 2 unspecified atom stereocenters. The maximum atomic E-state index is 12.1. The third-order valence-electron chi connectivity index (χ3n) is 4.78. The van der Waals surface area contributed by atoms with Gasteiger partial charge in [0.1, 0.15) is 11.9 Å². The third kappa shape index (κ3) is 6.56. The number of carbonyl (C=O) groups is 1. The highest BCUT2D eigenvalue weighted by atomic mass is 127. The Hall–Kier alpha value is -1.46. The normalized spacial score (nSPS) is 22.5. The fourth-order valence-electron chi connectivity index (χ4n) is 3.43. The lowest BCUT2D eigenvalue weighted by molar-refractivity contribution is -0.116. The Morgan fingerprint density at radius 3 is 2.86 bits per heavy atom. The predicted molar refractivity (Wildman–Crippen MR) is 119 cm³/mol. The summed E-state index contributed by atoms with van der Waals surface area (Å²) in [6.07, 6.45) is 2.75. The number of halogens is 1. The smallest absolute Gasteiger partial charge is 0.227 e. The van der Waals surface area contributed by atoms with Crippen LogP contribution in [-0.2, 0) is 14.3 Å². The number of anilines is 1. The van der Waals surface area contributed by atoms with Crippen molar-refractivity contribution in [3.63, 3.8) is 0 Å². The molecule has 2 aliphatic heterocycles. The van der Waals surface area contributed by atoms with E-state index in [4.69, 9.17) is 9.47 Å². The van der Waals surface area contributed by atoms with Crippen molar-refractivity contribution in [1.29, 1.82) is 0 Å². The van der Waals surface area contributed by atoms with Crippen molar-refractivity contribution in [2.45, 2.75) is 38.4 Å². The number of guanidine groups is 1. The van der Waals surface area contributed by atoms with Crippen LogP contribution in [0.3, 0.4) is 0 Å². The molecule has 2 fully saturated rings. The lowest BCUT2D eigenvalue weighted by Gasteiger charge is -2.37. The second-order valence-electron chi connectivity index (χ2n) is 6.84. The van der Waals surface area contributed by atoms with E-state index in [1.165, 1.54) is 0 Å². The number of aromatic nitrogens is 1. The average molecular weight is 503 g/mol. The van der Waals surface area contributed by atoms with E-state index in [9.17, 15) is 4.79 Å². The number of ether oxygens (including phenoxy) is 2. The van der Waals surface area contributed by atoms with Crippen LogP contribution in [0.4, 0.5) is 5.82 Å². The zero-order valence-electron chi connectivity index (χ0n) is 16.5. The van der Waals surface area contributed by atoms with Crippen molar-refractivity contribution < 1.29 is 14.3 Å². The van der Waals surface area contributed by atoms with Crippen LogP contribution in [-0.4, -0.2) is 73.9 Å². The molecule has 0 aliphatic carbocycles. The number of nitrogens with zero attached hydrogens (tertiary/aromatic N) is 3. The first-order valence-corrected chi connectivity index (χ1v) is 9.58. The van der Waals surface area contributed by atoms with Crippen LogP contribution in [0.2, 0.25) is 0 Å². The number of carbonyl (C=O) groups excluding carboxylic acids is 1. The van der Waals surface area contributed by atoms with Gasteiger partial charge >= 0.3 is 0 Å². The number of rotatable bonds is 5. The van der Waals surface area contributed by atoms with Crippen LogP contribution in [0, 0.1) is 6.92 Å². The Labute approximate surface area is 183 Å². The van der Waals surface area contributed by atoms with Gasteiger partial charge < -0.3 is 25.0 Å². The van der Waals surface area contributed by atoms with Crippen molar-refractivity contribution in [1.82, 2.24) is 15.2 Å². The van der Waals surface area contributed by atoms with Crippen LogP contribution < -0.4 is 10.6 Å². The van der Waals surface area contributed by atoms with E-state index >= 15 is 0 Å². The second kappa shape index (κ2) is 11.5. The van der Waals surface area contributed by atoms with E-state index in [1.807, 2.05) is 19.1 Å². The van der Waals surface area contributed by atoms with E-state index < -0.39 is 0 Å². The fourth-order valence-corrected chi connectivity index (χ4v) is 3.43. The van der Waals surface area contributed by atoms with E-state index in [0.29, 0.717) is 25.4 Å². The summed E-state index contributed by atoms with van der Waals surface area (Å²) in [6.45, 7) is 5.42. The number of aliphatic imine (C=N–C) groups is 1. The molecule has 0 aromatic carbocycles. The number of morpholine rings is 1. The molecule has 28 heavy (non-hydrogen) atoms. The van der Waals surface area contributed by atoms with Gasteiger partial charge in [0.05, 0.1) is 12.7 Å². The molecule has 0 spiro atoms. The molecule has 2 aliphatic rings. The van der Waals surface area contributed by atoms with Gasteiger partial charge in [-0.15, -0.1) is 24.0 Å². The number of nitrogens with one attached hydrogen (secondary N) is 2. The van der Waals surface area contributed by atoms with Crippen LogP contribution in [0.15, 0.2) is 23.2 Å². The molecule has 3 heterocycles. The summed E-state index contributed by atoms with van der Waals surface area (Å²) in [5.74, 6) is 1.30. The first-order chi connectivity index (χ1) is 13.2. The highest BCUT2D eigenvalue weighted by Gasteiger charge is 2.32. The highest BCUT2D eigenvalue weighted by Crippen LogP contribution is 2.21. The van der Waals surface area contributed by atoms with E-state index in [-0.39, 0.29) is 42.1 Å². The van der Waals surface area contributed by atoms with E-state index in [2.05, 4.69) is 25.5 Å². The number of aryl methyl sites for hydroxylation is 1. The quantitative estimate of drug-likeness (QED) is 0.362. The molecule has 1 aromatic rings. The summed E-state index contributed by atoms with van der Waals surface area (Å²) in [4.78, 5) is 22.9. The van der Waals surface area contributed by atoms with Crippen molar-refractivity contribution in [2.75, 3.05) is 45.2 Å². The summed E-state index contributed by atoms with van der Waals surface area (Å²) in [5.41, 5.74) is 0.874.